The second-order valence-corrected chi connectivity index (χ2v) is 6.18. The van der Waals surface area contributed by atoms with Gasteiger partial charge in [-0.2, -0.15) is 5.10 Å². The van der Waals surface area contributed by atoms with Crippen LogP contribution in [0.4, 0.5) is 0 Å². The summed E-state index contributed by atoms with van der Waals surface area (Å²) in [4.78, 5) is 11.3. The summed E-state index contributed by atoms with van der Waals surface area (Å²) in [5.41, 5.74) is 1.06. The smallest absolute Gasteiger partial charge is 0.343 e. The lowest BCUT2D eigenvalue weighted by molar-refractivity contribution is 0.0666. The molecule has 0 unspecified atom stereocenters. The van der Waals surface area contributed by atoms with Crippen LogP contribution in [0.5, 0.6) is 5.88 Å². The maximum absolute atomic E-state index is 11.3. The average Bonchev–Trinajstić information content (AvgIpc) is 2.56. The van der Waals surface area contributed by atoms with Gasteiger partial charge in [-0.3, -0.25) is 0 Å². The Morgan fingerprint density at radius 1 is 1.42 bits per heavy atom. The summed E-state index contributed by atoms with van der Waals surface area (Å²) in [6.07, 6.45) is 4.25. The molecule has 0 saturated heterocycles. The number of aryl methyl sites for hydroxylation is 2. The summed E-state index contributed by atoms with van der Waals surface area (Å²) in [7, 11) is 1.72. The van der Waals surface area contributed by atoms with Crippen LogP contribution < -0.4 is 4.74 Å². The lowest BCUT2D eigenvalue weighted by Crippen LogP contribution is -2.29. The minimum Gasteiger partial charge on any atom is -0.477 e. The van der Waals surface area contributed by atoms with Crippen molar-refractivity contribution in [3.63, 3.8) is 0 Å². The summed E-state index contributed by atoms with van der Waals surface area (Å²) < 4.78 is 7.44. The van der Waals surface area contributed by atoms with E-state index < -0.39 is 5.97 Å². The van der Waals surface area contributed by atoms with Crippen molar-refractivity contribution in [2.75, 3.05) is 0 Å². The summed E-state index contributed by atoms with van der Waals surface area (Å²) in [6, 6.07) is 0. The Bertz CT molecular complexity index is 481. The van der Waals surface area contributed by atoms with E-state index in [4.69, 9.17) is 4.74 Å². The van der Waals surface area contributed by atoms with Gasteiger partial charge in [0.25, 0.3) is 0 Å². The van der Waals surface area contributed by atoms with Crippen molar-refractivity contribution >= 4 is 5.97 Å². The van der Waals surface area contributed by atoms with Crippen molar-refractivity contribution in [3.8, 4) is 5.88 Å². The number of hydrogen-bond acceptors (Lipinski definition) is 3. The van der Waals surface area contributed by atoms with E-state index in [2.05, 4.69) is 18.9 Å². The minimum atomic E-state index is -0.975. The highest BCUT2D eigenvalue weighted by atomic mass is 16.5. The molecule has 0 spiro atoms. The van der Waals surface area contributed by atoms with Gasteiger partial charge >= 0.3 is 5.97 Å². The van der Waals surface area contributed by atoms with Crippen molar-refractivity contribution in [2.45, 2.75) is 52.6 Å². The highest BCUT2D eigenvalue weighted by Crippen LogP contribution is 2.37. The highest BCUT2D eigenvalue weighted by molar-refractivity contribution is 5.91. The maximum atomic E-state index is 11.3. The van der Waals surface area contributed by atoms with Crippen molar-refractivity contribution in [3.05, 3.63) is 11.3 Å². The number of nitrogens with zero attached hydrogens (tertiary/aromatic N) is 2. The van der Waals surface area contributed by atoms with Gasteiger partial charge < -0.3 is 9.84 Å². The predicted octanol–water partition coefficient (Wildman–Crippen LogP) is 2.77. The molecule has 0 bridgehead atoms. The molecule has 1 heterocycles. The molecule has 2 rings (SSSR count). The number of carboxylic acid groups (broad SMARTS) is 1. The van der Waals surface area contributed by atoms with Crippen LogP contribution >= 0.6 is 0 Å². The van der Waals surface area contributed by atoms with E-state index in [-0.39, 0.29) is 11.7 Å². The Balaban J connectivity index is 2.14. The van der Waals surface area contributed by atoms with Gasteiger partial charge in [-0.15, -0.1) is 0 Å². The Kier molecular flexibility index (Phi) is 3.56. The number of carbonyl (C=O) groups is 1. The van der Waals surface area contributed by atoms with E-state index in [1.54, 1.807) is 14.0 Å². The van der Waals surface area contributed by atoms with E-state index in [0.717, 1.165) is 25.7 Å². The van der Waals surface area contributed by atoms with E-state index in [0.29, 0.717) is 17.0 Å². The molecule has 19 heavy (non-hydrogen) atoms. The molecule has 1 aromatic heterocycles. The molecule has 1 N–H and O–H groups in total. The van der Waals surface area contributed by atoms with Gasteiger partial charge in [-0.05, 0) is 38.0 Å². The van der Waals surface area contributed by atoms with Crippen LogP contribution in [0.1, 0.15) is 55.6 Å². The fourth-order valence-electron chi connectivity index (χ4n) is 2.67. The van der Waals surface area contributed by atoms with Gasteiger partial charge in [0, 0.05) is 7.05 Å². The third-order valence-electron chi connectivity index (χ3n) is 3.95. The second kappa shape index (κ2) is 4.87. The van der Waals surface area contributed by atoms with Gasteiger partial charge in [-0.25, -0.2) is 9.48 Å². The van der Waals surface area contributed by atoms with Crippen LogP contribution in [-0.2, 0) is 7.05 Å². The zero-order chi connectivity index (χ0) is 14.2. The zero-order valence-corrected chi connectivity index (χ0v) is 12.1. The third kappa shape index (κ3) is 2.91. The maximum Gasteiger partial charge on any atom is 0.343 e. The number of aromatic nitrogens is 2. The third-order valence-corrected chi connectivity index (χ3v) is 3.95. The van der Waals surface area contributed by atoms with Crippen LogP contribution in [0.3, 0.4) is 0 Å². The van der Waals surface area contributed by atoms with Crippen LogP contribution in [0, 0.1) is 12.3 Å². The summed E-state index contributed by atoms with van der Waals surface area (Å²) in [5.74, 6) is -0.591. The van der Waals surface area contributed by atoms with E-state index >= 15 is 0 Å². The highest BCUT2D eigenvalue weighted by Gasteiger charge is 2.30. The van der Waals surface area contributed by atoms with Gasteiger partial charge in [-0.1, -0.05) is 13.8 Å². The van der Waals surface area contributed by atoms with Crippen LogP contribution in [0.2, 0.25) is 0 Å². The fourth-order valence-corrected chi connectivity index (χ4v) is 2.67. The van der Waals surface area contributed by atoms with Gasteiger partial charge in [0.15, 0.2) is 0 Å². The molecular weight excluding hydrogens is 244 g/mol. The van der Waals surface area contributed by atoms with Gasteiger partial charge in [0.1, 0.15) is 11.7 Å². The van der Waals surface area contributed by atoms with Crippen LogP contribution in [0.25, 0.3) is 0 Å². The topological polar surface area (TPSA) is 64.4 Å². The summed E-state index contributed by atoms with van der Waals surface area (Å²) >= 11 is 0. The Morgan fingerprint density at radius 3 is 2.53 bits per heavy atom. The molecule has 0 aromatic carbocycles. The Labute approximate surface area is 113 Å². The predicted molar refractivity (Wildman–Crippen MR) is 71.6 cm³/mol. The largest absolute Gasteiger partial charge is 0.477 e. The van der Waals surface area contributed by atoms with E-state index in [1.807, 2.05) is 0 Å². The molecule has 1 aliphatic rings. The molecule has 1 fully saturated rings. The number of aromatic carboxylic acids is 1. The first-order valence-electron chi connectivity index (χ1n) is 6.74. The van der Waals surface area contributed by atoms with Crippen LogP contribution in [-0.4, -0.2) is 27.0 Å². The summed E-state index contributed by atoms with van der Waals surface area (Å²) in [5, 5.41) is 13.4. The molecule has 5 nitrogen and oxygen atoms in total. The molecule has 0 amide bonds. The molecule has 5 heteroatoms. The molecule has 106 valence electrons. The average molecular weight is 266 g/mol. The Hall–Kier alpha value is -1.52. The van der Waals surface area contributed by atoms with Crippen molar-refractivity contribution in [1.29, 1.82) is 0 Å². The van der Waals surface area contributed by atoms with E-state index in [1.165, 1.54) is 4.68 Å². The second-order valence-electron chi connectivity index (χ2n) is 6.18. The van der Waals surface area contributed by atoms with Crippen molar-refractivity contribution in [2.24, 2.45) is 12.5 Å². The molecule has 0 aliphatic heterocycles. The number of ether oxygens (including phenoxy) is 1. The first kappa shape index (κ1) is 13.9. The first-order chi connectivity index (χ1) is 8.80. The molecular formula is C14H22N2O3. The minimum absolute atomic E-state index is 0.0981. The SMILES string of the molecule is Cc1nn(C)c(OC2CCC(C)(C)CC2)c1C(=O)O. The molecule has 1 aromatic rings. The lowest BCUT2D eigenvalue weighted by atomic mass is 9.76. The number of rotatable bonds is 3. The normalized spacial score (nSPS) is 19.4. The molecule has 0 atom stereocenters. The summed E-state index contributed by atoms with van der Waals surface area (Å²) in [6.45, 7) is 6.22. The van der Waals surface area contributed by atoms with Gasteiger partial charge in [0.05, 0.1) is 5.69 Å². The van der Waals surface area contributed by atoms with Crippen LogP contribution in [0.15, 0.2) is 0 Å². The molecule has 1 aliphatic carbocycles. The standard InChI is InChI=1S/C14H22N2O3/c1-9-11(13(17)18)12(16(4)15-9)19-10-5-7-14(2,3)8-6-10/h10H,5-8H2,1-4H3,(H,17,18). The fraction of sp³-hybridized carbons (Fsp3) is 0.714. The van der Waals surface area contributed by atoms with Crippen molar-refractivity contribution in [1.82, 2.24) is 9.78 Å². The quantitative estimate of drug-likeness (QED) is 0.913. The molecule has 1 saturated carbocycles. The molecule has 0 radical (unpaired) electrons. The Morgan fingerprint density at radius 2 is 2.00 bits per heavy atom. The monoisotopic (exact) mass is 266 g/mol. The zero-order valence-electron chi connectivity index (χ0n) is 12.1. The van der Waals surface area contributed by atoms with Crippen molar-refractivity contribution < 1.29 is 14.6 Å². The van der Waals surface area contributed by atoms with Gasteiger partial charge in [0.2, 0.25) is 5.88 Å². The lowest BCUT2D eigenvalue weighted by Gasteiger charge is -2.34. The van der Waals surface area contributed by atoms with E-state index in [9.17, 15) is 9.90 Å². The number of hydrogen-bond donors (Lipinski definition) is 1. The number of carboxylic acids is 1. The first-order valence-corrected chi connectivity index (χ1v) is 6.74.